The number of aliphatic hydroxyl groups is 1. The molecule has 0 aromatic carbocycles. The largest absolute Gasteiger partial charge is 0.467 e. The summed E-state index contributed by atoms with van der Waals surface area (Å²) in [4.78, 5) is 11.8. The number of pyridine rings is 1. The van der Waals surface area contributed by atoms with Crippen LogP contribution in [0.15, 0.2) is 47.2 Å². The fourth-order valence-corrected chi connectivity index (χ4v) is 1.84. The fraction of sp³-hybridized carbons (Fsp3) is 0.154. The minimum Gasteiger partial charge on any atom is -0.467 e. The third kappa shape index (κ3) is 2.84. The molecule has 1 atom stereocenters. The Morgan fingerprint density at radius 3 is 3.05 bits per heavy atom. The van der Waals surface area contributed by atoms with Gasteiger partial charge < -0.3 is 14.8 Å². The van der Waals surface area contributed by atoms with Crippen molar-refractivity contribution in [3.63, 3.8) is 0 Å². The average Bonchev–Trinajstić information content (AvgIpc) is 3.15. The SMILES string of the molecule is O=C(NC[C@H](O)c1ccco1)Nc1nnc2ccccn12. The van der Waals surface area contributed by atoms with Gasteiger partial charge in [0.2, 0.25) is 5.95 Å². The van der Waals surface area contributed by atoms with Crippen molar-refractivity contribution in [3.8, 4) is 0 Å². The van der Waals surface area contributed by atoms with Gasteiger partial charge in [-0.15, -0.1) is 10.2 Å². The number of anilines is 1. The van der Waals surface area contributed by atoms with Crippen LogP contribution in [0.3, 0.4) is 0 Å². The lowest BCUT2D eigenvalue weighted by molar-refractivity contribution is 0.149. The number of nitrogens with one attached hydrogen (secondary N) is 2. The van der Waals surface area contributed by atoms with Gasteiger partial charge >= 0.3 is 6.03 Å². The predicted molar refractivity (Wildman–Crippen MR) is 73.7 cm³/mol. The molecule has 108 valence electrons. The third-order valence-corrected chi connectivity index (χ3v) is 2.87. The van der Waals surface area contributed by atoms with Crippen LogP contribution in [-0.2, 0) is 0 Å². The van der Waals surface area contributed by atoms with E-state index in [1.807, 2.05) is 6.07 Å². The molecule has 0 aliphatic carbocycles. The van der Waals surface area contributed by atoms with E-state index in [4.69, 9.17) is 4.42 Å². The summed E-state index contributed by atoms with van der Waals surface area (Å²) in [6, 6.07) is 8.22. The lowest BCUT2D eigenvalue weighted by atomic mass is 10.3. The van der Waals surface area contributed by atoms with E-state index < -0.39 is 12.1 Å². The number of hydrogen-bond donors (Lipinski definition) is 3. The molecule has 0 fully saturated rings. The van der Waals surface area contributed by atoms with Gasteiger partial charge in [0.1, 0.15) is 11.9 Å². The van der Waals surface area contributed by atoms with Gasteiger partial charge in [0.15, 0.2) is 5.65 Å². The summed E-state index contributed by atoms with van der Waals surface area (Å²) in [7, 11) is 0. The van der Waals surface area contributed by atoms with Crippen molar-refractivity contribution in [1.82, 2.24) is 19.9 Å². The van der Waals surface area contributed by atoms with Crippen molar-refractivity contribution in [3.05, 3.63) is 48.6 Å². The minimum absolute atomic E-state index is 0.0239. The molecular formula is C13H13N5O3. The molecule has 8 nitrogen and oxygen atoms in total. The Hall–Kier alpha value is -2.87. The summed E-state index contributed by atoms with van der Waals surface area (Å²) in [5.74, 6) is 0.693. The van der Waals surface area contributed by atoms with Crippen LogP contribution >= 0.6 is 0 Å². The Morgan fingerprint density at radius 2 is 2.24 bits per heavy atom. The minimum atomic E-state index is -0.902. The van der Waals surface area contributed by atoms with E-state index in [0.717, 1.165) is 0 Å². The molecule has 3 aromatic heterocycles. The van der Waals surface area contributed by atoms with Crippen LogP contribution in [0.2, 0.25) is 0 Å². The highest BCUT2D eigenvalue weighted by Crippen LogP contribution is 2.12. The second-order valence-corrected chi connectivity index (χ2v) is 4.32. The second-order valence-electron chi connectivity index (χ2n) is 4.32. The van der Waals surface area contributed by atoms with Crippen molar-refractivity contribution in [2.24, 2.45) is 0 Å². The number of carbonyl (C=O) groups excluding carboxylic acids is 1. The van der Waals surface area contributed by atoms with Crippen LogP contribution in [0, 0.1) is 0 Å². The van der Waals surface area contributed by atoms with Gasteiger partial charge in [-0.05, 0) is 24.3 Å². The standard InChI is InChI=1S/C13H13N5O3/c19-9(10-4-3-7-21-10)8-14-13(20)15-12-17-16-11-5-1-2-6-18(11)12/h1-7,9,19H,8H2,(H2,14,15,17,20)/t9-/m0/s1. The van der Waals surface area contributed by atoms with Crippen LogP contribution in [0.25, 0.3) is 5.65 Å². The summed E-state index contributed by atoms with van der Waals surface area (Å²) in [6.07, 6.45) is 2.30. The molecule has 3 aromatic rings. The van der Waals surface area contributed by atoms with Gasteiger partial charge in [-0.25, -0.2) is 4.79 Å². The van der Waals surface area contributed by atoms with Gasteiger partial charge in [-0.1, -0.05) is 6.07 Å². The molecular weight excluding hydrogens is 274 g/mol. The van der Waals surface area contributed by atoms with Gasteiger partial charge in [0, 0.05) is 6.20 Å². The van der Waals surface area contributed by atoms with Gasteiger partial charge in [0.05, 0.1) is 12.8 Å². The van der Waals surface area contributed by atoms with Crippen molar-refractivity contribution < 1.29 is 14.3 Å². The van der Waals surface area contributed by atoms with Gasteiger partial charge in [0.25, 0.3) is 0 Å². The zero-order chi connectivity index (χ0) is 14.7. The van der Waals surface area contributed by atoms with Crippen LogP contribution < -0.4 is 10.6 Å². The second kappa shape index (κ2) is 5.63. The predicted octanol–water partition coefficient (Wildman–Crippen LogP) is 1.18. The van der Waals surface area contributed by atoms with Crippen LogP contribution in [-0.4, -0.2) is 32.3 Å². The molecule has 3 rings (SSSR count). The topological polar surface area (TPSA) is 105 Å². The highest BCUT2D eigenvalue weighted by atomic mass is 16.4. The molecule has 0 saturated carbocycles. The number of furan rings is 1. The first-order valence-electron chi connectivity index (χ1n) is 6.30. The van der Waals surface area contributed by atoms with E-state index in [2.05, 4.69) is 20.8 Å². The molecule has 8 heteroatoms. The number of aliphatic hydroxyl groups excluding tert-OH is 1. The van der Waals surface area contributed by atoms with Crippen LogP contribution in [0.5, 0.6) is 0 Å². The quantitative estimate of drug-likeness (QED) is 0.668. The van der Waals surface area contributed by atoms with E-state index >= 15 is 0 Å². The molecule has 3 heterocycles. The summed E-state index contributed by atoms with van der Waals surface area (Å²) in [5, 5.41) is 22.7. The number of nitrogens with zero attached hydrogens (tertiary/aromatic N) is 3. The first-order chi connectivity index (χ1) is 10.2. The Labute approximate surface area is 119 Å². The fourth-order valence-electron chi connectivity index (χ4n) is 1.84. The number of urea groups is 1. The first kappa shape index (κ1) is 13.1. The number of fused-ring (bicyclic) bond motifs is 1. The molecule has 2 amide bonds. The molecule has 0 saturated heterocycles. The number of carbonyl (C=O) groups is 1. The lowest BCUT2D eigenvalue weighted by Gasteiger charge is -2.09. The zero-order valence-electron chi connectivity index (χ0n) is 10.9. The van der Waals surface area contributed by atoms with Crippen LogP contribution in [0.1, 0.15) is 11.9 Å². The molecule has 0 unspecified atom stereocenters. The van der Waals surface area contributed by atoms with Crippen molar-refractivity contribution in [1.29, 1.82) is 0 Å². The van der Waals surface area contributed by atoms with E-state index in [-0.39, 0.29) is 6.54 Å². The average molecular weight is 287 g/mol. The van der Waals surface area contributed by atoms with Crippen molar-refractivity contribution in [2.45, 2.75) is 6.10 Å². The smallest absolute Gasteiger partial charge is 0.321 e. The van der Waals surface area contributed by atoms with Gasteiger partial charge in [-0.2, -0.15) is 0 Å². The summed E-state index contributed by atoms with van der Waals surface area (Å²) in [5.41, 5.74) is 0.628. The highest BCUT2D eigenvalue weighted by Gasteiger charge is 2.13. The molecule has 3 N–H and O–H groups in total. The number of hydrogen-bond acceptors (Lipinski definition) is 5. The van der Waals surface area contributed by atoms with Crippen molar-refractivity contribution >= 4 is 17.6 Å². The molecule has 0 radical (unpaired) electrons. The first-order valence-corrected chi connectivity index (χ1v) is 6.30. The lowest BCUT2D eigenvalue weighted by Crippen LogP contribution is -2.32. The normalized spacial score (nSPS) is 12.2. The number of amides is 2. The summed E-state index contributed by atoms with van der Waals surface area (Å²) < 4.78 is 6.68. The van der Waals surface area contributed by atoms with E-state index in [1.54, 1.807) is 34.9 Å². The maximum absolute atomic E-state index is 11.8. The Morgan fingerprint density at radius 1 is 1.33 bits per heavy atom. The molecule has 0 aliphatic heterocycles. The maximum atomic E-state index is 11.8. The maximum Gasteiger partial charge on any atom is 0.321 e. The highest BCUT2D eigenvalue weighted by molar-refractivity contribution is 5.87. The van der Waals surface area contributed by atoms with E-state index in [1.165, 1.54) is 6.26 Å². The molecule has 0 spiro atoms. The van der Waals surface area contributed by atoms with Crippen LogP contribution in [0.4, 0.5) is 10.7 Å². The van der Waals surface area contributed by atoms with E-state index in [9.17, 15) is 9.90 Å². The summed E-state index contributed by atoms with van der Waals surface area (Å²) in [6.45, 7) is 0.0239. The molecule has 21 heavy (non-hydrogen) atoms. The van der Waals surface area contributed by atoms with Crippen molar-refractivity contribution in [2.75, 3.05) is 11.9 Å². The van der Waals surface area contributed by atoms with E-state index in [0.29, 0.717) is 17.4 Å². The molecule has 0 aliphatic rings. The number of rotatable bonds is 4. The van der Waals surface area contributed by atoms with Gasteiger partial charge in [-0.3, -0.25) is 9.72 Å². The third-order valence-electron chi connectivity index (χ3n) is 2.87. The Bertz CT molecular complexity index is 737. The summed E-state index contributed by atoms with van der Waals surface area (Å²) >= 11 is 0. The number of aromatic nitrogens is 3. The zero-order valence-corrected chi connectivity index (χ0v) is 10.9. The molecule has 0 bridgehead atoms. The Balaban J connectivity index is 1.59. The monoisotopic (exact) mass is 287 g/mol. The Kier molecular flexibility index (Phi) is 3.52.